The highest BCUT2D eigenvalue weighted by Crippen LogP contribution is 2.18. The van der Waals surface area contributed by atoms with Crippen LogP contribution in [0.2, 0.25) is 0 Å². The van der Waals surface area contributed by atoms with Crippen LogP contribution in [0, 0.1) is 6.92 Å². The number of nitrogens with two attached hydrogens (primary N) is 1. The number of benzene rings is 2. The second kappa shape index (κ2) is 7.77. The maximum atomic E-state index is 11.2. The van der Waals surface area contributed by atoms with E-state index in [9.17, 15) is 8.42 Å². The van der Waals surface area contributed by atoms with Gasteiger partial charge in [-0.25, -0.2) is 13.6 Å². The summed E-state index contributed by atoms with van der Waals surface area (Å²) in [6.45, 7) is 3.17. The number of primary sulfonamides is 1. The third kappa shape index (κ3) is 4.75. The third-order valence-corrected chi connectivity index (χ3v) is 4.78. The Morgan fingerprint density at radius 1 is 1.12 bits per heavy atom. The van der Waals surface area contributed by atoms with Gasteiger partial charge in [0.15, 0.2) is 0 Å². The minimum Gasteiger partial charge on any atom is -0.419 e. The minimum atomic E-state index is -3.65. The lowest BCUT2D eigenvalue weighted by atomic mass is 10.1. The van der Waals surface area contributed by atoms with E-state index in [0.717, 1.165) is 23.1 Å². The third-order valence-electron chi connectivity index (χ3n) is 3.85. The topological polar surface area (TPSA) is 111 Å². The van der Waals surface area contributed by atoms with Crippen LogP contribution < -0.4 is 10.5 Å². The van der Waals surface area contributed by atoms with Gasteiger partial charge in [0.05, 0.1) is 11.4 Å². The van der Waals surface area contributed by atoms with Gasteiger partial charge >= 0.3 is 0 Å². The molecule has 0 unspecified atom stereocenters. The Labute approximate surface area is 152 Å². The van der Waals surface area contributed by atoms with Gasteiger partial charge in [0.1, 0.15) is 0 Å². The fourth-order valence-corrected chi connectivity index (χ4v) is 3.01. The van der Waals surface area contributed by atoms with E-state index in [1.807, 2.05) is 31.2 Å². The first kappa shape index (κ1) is 18.2. The number of aryl methyl sites for hydroxylation is 1. The zero-order valence-electron chi connectivity index (χ0n) is 14.3. The Morgan fingerprint density at radius 3 is 2.58 bits per heavy atom. The Balaban J connectivity index is 1.50. The van der Waals surface area contributed by atoms with Gasteiger partial charge in [0.25, 0.3) is 0 Å². The maximum Gasteiger partial charge on any atom is 0.247 e. The molecule has 0 spiro atoms. The van der Waals surface area contributed by atoms with Crippen molar-refractivity contribution >= 4 is 10.0 Å². The first-order valence-electron chi connectivity index (χ1n) is 8.14. The number of rotatable bonds is 7. The van der Waals surface area contributed by atoms with E-state index in [0.29, 0.717) is 24.9 Å². The molecule has 1 aromatic heterocycles. The van der Waals surface area contributed by atoms with Crippen LogP contribution in [0.4, 0.5) is 0 Å². The molecule has 1 heterocycles. The Bertz CT molecular complexity index is 982. The van der Waals surface area contributed by atoms with Gasteiger partial charge in [-0.1, -0.05) is 29.8 Å². The van der Waals surface area contributed by atoms with Crippen molar-refractivity contribution < 1.29 is 12.8 Å². The zero-order chi connectivity index (χ0) is 18.6. The van der Waals surface area contributed by atoms with Crippen LogP contribution in [0.3, 0.4) is 0 Å². The van der Waals surface area contributed by atoms with E-state index in [-0.39, 0.29) is 4.90 Å². The van der Waals surface area contributed by atoms with Crippen molar-refractivity contribution in [2.45, 2.75) is 24.8 Å². The number of nitrogens with zero attached hydrogens (tertiary/aromatic N) is 2. The maximum absolute atomic E-state index is 11.2. The number of sulfonamides is 1. The Morgan fingerprint density at radius 2 is 1.88 bits per heavy atom. The van der Waals surface area contributed by atoms with Gasteiger partial charge in [-0.15, -0.1) is 10.2 Å². The molecule has 0 amide bonds. The fourth-order valence-electron chi connectivity index (χ4n) is 2.49. The van der Waals surface area contributed by atoms with Crippen LogP contribution in [0.5, 0.6) is 0 Å². The summed E-state index contributed by atoms with van der Waals surface area (Å²) in [7, 11) is -3.65. The summed E-state index contributed by atoms with van der Waals surface area (Å²) >= 11 is 0. The van der Waals surface area contributed by atoms with Crippen molar-refractivity contribution in [2.75, 3.05) is 6.54 Å². The van der Waals surface area contributed by atoms with Gasteiger partial charge in [0, 0.05) is 5.56 Å². The van der Waals surface area contributed by atoms with Crippen molar-refractivity contribution in [3.63, 3.8) is 0 Å². The first-order chi connectivity index (χ1) is 12.4. The molecule has 0 fully saturated rings. The van der Waals surface area contributed by atoms with Crippen LogP contribution in [0.15, 0.2) is 57.8 Å². The van der Waals surface area contributed by atoms with Crippen LogP contribution in [0.1, 0.15) is 17.0 Å². The molecule has 2 aromatic carbocycles. The van der Waals surface area contributed by atoms with Crippen molar-refractivity contribution in [1.29, 1.82) is 0 Å². The van der Waals surface area contributed by atoms with Crippen molar-refractivity contribution in [2.24, 2.45) is 5.14 Å². The van der Waals surface area contributed by atoms with Gasteiger partial charge < -0.3 is 9.73 Å². The molecule has 7 nitrogen and oxygen atoms in total. The molecule has 0 saturated heterocycles. The van der Waals surface area contributed by atoms with Gasteiger partial charge in [-0.2, -0.15) is 0 Å². The van der Waals surface area contributed by atoms with E-state index < -0.39 is 10.0 Å². The molecule has 0 radical (unpaired) electrons. The summed E-state index contributed by atoms with van der Waals surface area (Å²) in [5.41, 5.74) is 3.04. The average molecular weight is 372 g/mol. The van der Waals surface area contributed by atoms with E-state index >= 15 is 0 Å². The van der Waals surface area contributed by atoms with Gasteiger partial charge in [-0.3, -0.25) is 0 Å². The van der Waals surface area contributed by atoms with Gasteiger partial charge in [0.2, 0.25) is 21.8 Å². The first-order valence-corrected chi connectivity index (χ1v) is 9.68. The quantitative estimate of drug-likeness (QED) is 0.614. The molecule has 0 aliphatic heterocycles. The SMILES string of the molecule is Cc1cccc(-c2nnc(CNCCc3ccc(S(N)(=O)=O)cc3)o2)c1. The molecule has 8 heteroatoms. The number of aromatic nitrogens is 2. The second-order valence-corrected chi connectivity index (χ2v) is 7.55. The molecule has 0 atom stereocenters. The van der Waals surface area contributed by atoms with E-state index in [4.69, 9.17) is 9.56 Å². The minimum absolute atomic E-state index is 0.115. The van der Waals surface area contributed by atoms with Crippen LogP contribution in [0.25, 0.3) is 11.5 Å². The molecular weight excluding hydrogens is 352 g/mol. The summed E-state index contributed by atoms with van der Waals surface area (Å²) in [6, 6.07) is 14.4. The van der Waals surface area contributed by atoms with E-state index in [2.05, 4.69) is 15.5 Å². The zero-order valence-corrected chi connectivity index (χ0v) is 15.2. The molecular formula is C18H20N4O3S. The predicted octanol–water partition coefficient (Wildman–Crippen LogP) is 2.02. The Kier molecular flexibility index (Phi) is 5.46. The highest BCUT2D eigenvalue weighted by Gasteiger charge is 2.09. The standard InChI is InChI=1S/C18H20N4O3S/c1-13-3-2-4-15(11-13)18-22-21-17(25-18)12-20-10-9-14-5-7-16(8-6-14)26(19,23)24/h2-8,11,20H,9-10,12H2,1H3,(H2,19,23,24). The fraction of sp³-hybridized carbons (Fsp3) is 0.222. The molecule has 0 bridgehead atoms. The summed E-state index contributed by atoms with van der Waals surface area (Å²) in [5, 5.41) is 16.4. The highest BCUT2D eigenvalue weighted by atomic mass is 32.2. The van der Waals surface area contributed by atoms with Crippen LogP contribution >= 0.6 is 0 Å². The van der Waals surface area contributed by atoms with Crippen molar-refractivity contribution in [3.8, 4) is 11.5 Å². The molecule has 3 N–H and O–H groups in total. The lowest BCUT2D eigenvalue weighted by Gasteiger charge is -2.04. The number of nitrogens with one attached hydrogen (secondary N) is 1. The summed E-state index contributed by atoms with van der Waals surface area (Å²) < 4.78 is 28.1. The normalized spacial score (nSPS) is 11.6. The summed E-state index contributed by atoms with van der Waals surface area (Å²) in [4.78, 5) is 0.115. The number of hydrogen-bond donors (Lipinski definition) is 2. The number of hydrogen-bond acceptors (Lipinski definition) is 6. The van der Waals surface area contributed by atoms with E-state index in [1.165, 1.54) is 12.1 Å². The second-order valence-electron chi connectivity index (χ2n) is 5.99. The van der Waals surface area contributed by atoms with Crippen LogP contribution in [-0.4, -0.2) is 25.2 Å². The highest BCUT2D eigenvalue weighted by molar-refractivity contribution is 7.89. The lowest BCUT2D eigenvalue weighted by molar-refractivity contribution is 0.478. The molecule has 0 aliphatic carbocycles. The van der Waals surface area contributed by atoms with Crippen LogP contribution in [-0.2, 0) is 23.0 Å². The average Bonchev–Trinajstić information content (AvgIpc) is 3.07. The molecule has 136 valence electrons. The largest absolute Gasteiger partial charge is 0.419 e. The van der Waals surface area contributed by atoms with Gasteiger partial charge in [-0.05, 0) is 49.7 Å². The van der Waals surface area contributed by atoms with Crippen molar-refractivity contribution in [3.05, 3.63) is 65.5 Å². The predicted molar refractivity (Wildman–Crippen MR) is 97.7 cm³/mol. The molecule has 0 aliphatic rings. The molecule has 26 heavy (non-hydrogen) atoms. The molecule has 3 rings (SSSR count). The molecule has 0 saturated carbocycles. The Hall–Kier alpha value is -2.55. The molecule has 3 aromatic rings. The monoisotopic (exact) mass is 372 g/mol. The lowest BCUT2D eigenvalue weighted by Crippen LogP contribution is -2.17. The summed E-state index contributed by atoms with van der Waals surface area (Å²) in [6.07, 6.45) is 0.740. The van der Waals surface area contributed by atoms with Crippen molar-refractivity contribution in [1.82, 2.24) is 15.5 Å². The van der Waals surface area contributed by atoms with E-state index in [1.54, 1.807) is 12.1 Å². The smallest absolute Gasteiger partial charge is 0.247 e. The summed E-state index contributed by atoms with van der Waals surface area (Å²) in [5.74, 6) is 1.02.